The van der Waals surface area contributed by atoms with Crippen LogP contribution < -0.4 is 5.43 Å². The average Bonchev–Trinajstić information content (AvgIpc) is 2.47. The quantitative estimate of drug-likeness (QED) is 0.666. The molecule has 0 saturated carbocycles. The Morgan fingerprint density at radius 3 is 2.62 bits per heavy atom. The van der Waals surface area contributed by atoms with Gasteiger partial charge < -0.3 is 5.11 Å². The fraction of sp³-hybridized carbons (Fsp3) is 0.0667. The van der Waals surface area contributed by atoms with Gasteiger partial charge in [0.2, 0.25) is 0 Å². The van der Waals surface area contributed by atoms with E-state index in [2.05, 4.69) is 10.5 Å². The highest BCUT2D eigenvalue weighted by Crippen LogP contribution is 2.27. The van der Waals surface area contributed by atoms with Crippen LogP contribution in [0.4, 0.5) is 0 Å². The van der Waals surface area contributed by atoms with Crippen molar-refractivity contribution in [1.82, 2.24) is 5.43 Å². The molecule has 0 aliphatic rings. The van der Waals surface area contributed by atoms with Gasteiger partial charge in [-0.2, -0.15) is 5.10 Å². The SMILES string of the molecule is C/C(=N\NC(=O)c1cccc(Cl)c1)c1cccc(Cl)c1O. The molecule has 2 rings (SSSR count). The Bertz CT molecular complexity index is 715. The highest BCUT2D eigenvalue weighted by atomic mass is 35.5. The highest BCUT2D eigenvalue weighted by Gasteiger charge is 2.09. The molecule has 2 aromatic carbocycles. The van der Waals surface area contributed by atoms with Gasteiger partial charge in [-0.3, -0.25) is 4.79 Å². The molecule has 0 aliphatic heterocycles. The zero-order valence-electron chi connectivity index (χ0n) is 11.1. The van der Waals surface area contributed by atoms with Crippen molar-refractivity contribution in [2.75, 3.05) is 0 Å². The first-order valence-electron chi connectivity index (χ1n) is 6.07. The van der Waals surface area contributed by atoms with E-state index in [-0.39, 0.29) is 10.8 Å². The number of nitrogens with zero attached hydrogens (tertiary/aromatic N) is 1. The van der Waals surface area contributed by atoms with E-state index in [0.717, 1.165) is 0 Å². The van der Waals surface area contributed by atoms with Crippen molar-refractivity contribution in [2.45, 2.75) is 6.92 Å². The number of hydrazone groups is 1. The van der Waals surface area contributed by atoms with Gasteiger partial charge in [0, 0.05) is 16.1 Å². The Balaban J connectivity index is 2.17. The first-order valence-corrected chi connectivity index (χ1v) is 6.82. The third-order valence-corrected chi connectivity index (χ3v) is 3.33. The first kappa shape index (κ1) is 15.4. The predicted octanol–water partition coefficient (Wildman–Crippen LogP) is 3.85. The molecule has 21 heavy (non-hydrogen) atoms. The van der Waals surface area contributed by atoms with Crippen LogP contribution in [0, 0.1) is 0 Å². The number of nitrogens with one attached hydrogen (secondary N) is 1. The number of halogens is 2. The van der Waals surface area contributed by atoms with Crippen molar-refractivity contribution < 1.29 is 9.90 Å². The van der Waals surface area contributed by atoms with E-state index in [4.69, 9.17) is 23.2 Å². The van der Waals surface area contributed by atoms with E-state index in [1.54, 1.807) is 49.4 Å². The largest absolute Gasteiger partial charge is 0.506 e. The van der Waals surface area contributed by atoms with Crippen LogP contribution >= 0.6 is 23.2 Å². The number of hydrogen-bond acceptors (Lipinski definition) is 3. The van der Waals surface area contributed by atoms with Gasteiger partial charge in [-0.25, -0.2) is 5.43 Å². The van der Waals surface area contributed by atoms with E-state index in [0.29, 0.717) is 21.9 Å². The number of para-hydroxylation sites is 1. The molecule has 0 aromatic heterocycles. The highest BCUT2D eigenvalue weighted by molar-refractivity contribution is 6.32. The number of amides is 1. The Hall–Kier alpha value is -2.04. The summed E-state index contributed by atoms with van der Waals surface area (Å²) in [5.41, 5.74) is 3.69. The topological polar surface area (TPSA) is 61.7 Å². The van der Waals surface area contributed by atoms with Crippen molar-refractivity contribution in [2.24, 2.45) is 5.10 Å². The summed E-state index contributed by atoms with van der Waals surface area (Å²) in [5, 5.41) is 14.5. The minimum Gasteiger partial charge on any atom is -0.506 e. The van der Waals surface area contributed by atoms with E-state index in [9.17, 15) is 9.90 Å². The summed E-state index contributed by atoms with van der Waals surface area (Å²) in [6, 6.07) is 11.4. The second kappa shape index (κ2) is 6.61. The number of hydrogen-bond donors (Lipinski definition) is 2. The summed E-state index contributed by atoms with van der Waals surface area (Å²) >= 11 is 11.6. The van der Waals surface area contributed by atoms with E-state index < -0.39 is 5.91 Å². The summed E-state index contributed by atoms with van der Waals surface area (Å²) in [6.45, 7) is 1.66. The lowest BCUT2D eigenvalue weighted by Gasteiger charge is -2.06. The van der Waals surface area contributed by atoms with Crippen molar-refractivity contribution >= 4 is 34.8 Å². The summed E-state index contributed by atoms with van der Waals surface area (Å²) < 4.78 is 0. The lowest BCUT2D eigenvalue weighted by Crippen LogP contribution is -2.19. The summed E-state index contributed by atoms with van der Waals surface area (Å²) in [5.74, 6) is -0.462. The van der Waals surface area contributed by atoms with Crippen LogP contribution in [-0.2, 0) is 0 Å². The standard InChI is InChI=1S/C15H12Cl2N2O2/c1-9(12-6-3-7-13(17)14(12)20)18-19-15(21)10-4-2-5-11(16)8-10/h2-8,20H,1H3,(H,19,21)/b18-9+. The lowest BCUT2D eigenvalue weighted by atomic mass is 10.1. The van der Waals surface area contributed by atoms with Crippen molar-refractivity contribution in [3.63, 3.8) is 0 Å². The number of carbonyl (C=O) groups is 1. The van der Waals surface area contributed by atoms with Gasteiger partial charge in [-0.05, 0) is 37.3 Å². The number of carbonyl (C=O) groups excluding carboxylic acids is 1. The zero-order chi connectivity index (χ0) is 15.4. The number of aromatic hydroxyl groups is 1. The maximum atomic E-state index is 11.9. The summed E-state index contributed by atoms with van der Waals surface area (Å²) in [7, 11) is 0. The number of benzene rings is 2. The Morgan fingerprint density at radius 2 is 1.90 bits per heavy atom. The maximum Gasteiger partial charge on any atom is 0.271 e. The molecule has 6 heteroatoms. The average molecular weight is 323 g/mol. The molecule has 4 nitrogen and oxygen atoms in total. The minimum atomic E-state index is -0.390. The van der Waals surface area contributed by atoms with Crippen LogP contribution in [-0.4, -0.2) is 16.7 Å². The Kier molecular flexibility index (Phi) is 4.83. The fourth-order valence-electron chi connectivity index (χ4n) is 1.70. The normalized spacial score (nSPS) is 11.3. The van der Waals surface area contributed by atoms with Gasteiger partial charge in [0.25, 0.3) is 5.91 Å². The van der Waals surface area contributed by atoms with Gasteiger partial charge in [-0.15, -0.1) is 0 Å². The van der Waals surface area contributed by atoms with Crippen LogP contribution in [0.2, 0.25) is 10.0 Å². The van der Waals surface area contributed by atoms with Gasteiger partial charge in [0.15, 0.2) is 0 Å². The Morgan fingerprint density at radius 1 is 1.19 bits per heavy atom. The van der Waals surface area contributed by atoms with Crippen LogP contribution in [0.3, 0.4) is 0 Å². The Labute approximate surface area is 132 Å². The first-order chi connectivity index (χ1) is 9.99. The molecule has 0 unspecified atom stereocenters. The molecular formula is C15H12Cl2N2O2. The molecule has 0 fully saturated rings. The van der Waals surface area contributed by atoms with Crippen molar-refractivity contribution in [3.8, 4) is 5.75 Å². The van der Waals surface area contributed by atoms with Crippen LogP contribution in [0.15, 0.2) is 47.6 Å². The molecule has 0 aliphatic carbocycles. The molecule has 0 bridgehead atoms. The lowest BCUT2D eigenvalue weighted by molar-refractivity contribution is 0.0955. The molecule has 0 radical (unpaired) electrons. The third-order valence-electron chi connectivity index (χ3n) is 2.79. The number of phenolic OH excluding ortho intramolecular Hbond substituents is 1. The minimum absolute atomic E-state index is 0.0718. The second-order valence-corrected chi connectivity index (χ2v) is 5.13. The number of phenols is 1. The maximum absolute atomic E-state index is 11.9. The summed E-state index contributed by atoms with van der Waals surface area (Å²) in [6.07, 6.45) is 0. The molecule has 0 atom stereocenters. The van der Waals surface area contributed by atoms with E-state index in [1.807, 2.05) is 0 Å². The molecular weight excluding hydrogens is 311 g/mol. The van der Waals surface area contributed by atoms with Crippen LogP contribution in [0.25, 0.3) is 0 Å². The van der Waals surface area contributed by atoms with Gasteiger partial charge >= 0.3 is 0 Å². The zero-order valence-corrected chi connectivity index (χ0v) is 12.6. The molecule has 0 spiro atoms. The van der Waals surface area contributed by atoms with Crippen molar-refractivity contribution in [3.05, 3.63) is 63.6 Å². The molecule has 108 valence electrons. The van der Waals surface area contributed by atoms with Gasteiger partial charge in [0.1, 0.15) is 5.75 Å². The van der Waals surface area contributed by atoms with Crippen LogP contribution in [0.1, 0.15) is 22.8 Å². The molecule has 0 saturated heterocycles. The fourth-order valence-corrected chi connectivity index (χ4v) is 2.06. The third kappa shape index (κ3) is 3.74. The monoisotopic (exact) mass is 322 g/mol. The molecule has 1 amide bonds. The second-order valence-electron chi connectivity index (χ2n) is 4.28. The number of rotatable bonds is 3. The van der Waals surface area contributed by atoms with Gasteiger partial charge in [0.05, 0.1) is 10.7 Å². The van der Waals surface area contributed by atoms with Crippen LogP contribution in [0.5, 0.6) is 5.75 Å². The predicted molar refractivity (Wildman–Crippen MR) is 84.2 cm³/mol. The molecule has 2 N–H and O–H groups in total. The summed E-state index contributed by atoms with van der Waals surface area (Å²) in [4.78, 5) is 11.9. The smallest absolute Gasteiger partial charge is 0.271 e. The molecule has 2 aromatic rings. The van der Waals surface area contributed by atoms with E-state index in [1.165, 1.54) is 0 Å². The molecule has 0 heterocycles. The van der Waals surface area contributed by atoms with Gasteiger partial charge in [-0.1, -0.05) is 35.3 Å². The van der Waals surface area contributed by atoms with Crippen molar-refractivity contribution in [1.29, 1.82) is 0 Å². The van der Waals surface area contributed by atoms with E-state index >= 15 is 0 Å².